The second-order valence-corrected chi connectivity index (χ2v) is 4.43. The fraction of sp³-hybridized carbons (Fsp3) is 0.462. The molecule has 0 aliphatic carbocycles. The third-order valence-corrected chi connectivity index (χ3v) is 2.67. The van der Waals surface area contributed by atoms with Gasteiger partial charge in [0.25, 0.3) is 0 Å². The van der Waals surface area contributed by atoms with Crippen molar-refractivity contribution < 1.29 is 14.2 Å². The monoisotopic (exact) mass is 284 g/mol. The van der Waals surface area contributed by atoms with Gasteiger partial charge in [0.15, 0.2) is 5.11 Å². The van der Waals surface area contributed by atoms with Crippen LogP contribution in [0.1, 0.15) is 6.92 Å². The third-order valence-electron chi connectivity index (χ3n) is 2.45. The minimum Gasteiger partial charge on any atom is -0.497 e. The van der Waals surface area contributed by atoms with Gasteiger partial charge in [0.2, 0.25) is 0 Å². The summed E-state index contributed by atoms with van der Waals surface area (Å²) in [6.45, 7) is 2.57. The number of hydrogen-bond donors (Lipinski definition) is 2. The summed E-state index contributed by atoms with van der Waals surface area (Å²) in [5, 5.41) is 6.71. The predicted octanol–water partition coefficient (Wildman–Crippen LogP) is 2.03. The number of hydrogen-bond acceptors (Lipinski definition) is 4. The van der Waals surface area contributed by atoms with Crippen LogP contribution in [-0.2, 0) is 4.74 Å². The molecule has 0 saturated carbocycles. The fourth-order valence-electron chi connectivity index (χ4n) is 1.59. The minimum atomic E-state index is 0.126. The molecule has 19 heavy (non-hydrogen) atoms. The molecular formula is C13H20N2O3S. The van der Waals surface area contributed by atoms with E-state index >= 15 is 0 Å². The van der Waals surface area contributed by atoms with Crippen LogP contribution in [0.3, 0.4) is 0 Å². The van der Waals surface area contributed by atoms with E-state index in [2.05, 4.69) is 10.6 Å². The van der Waals surface area contributed by atoms with Gasteiger partial charge in [-0.25, -0.2) is 0 Å². The zero-order chi connectivity index (χ0) is 14.3. The van der Waals surface area contributed by atoms with Crippen LogP contribution in [0.15, 0.2) is 18.2 Å². The summed E-state index contributed by atoms with van der Waals surface area (Å²) in [7, 11) is 4.87. The summed E-state index contributed by atoms with van der Waals surface area (Å²) in [6, 6.07) is 5.60. The highest BCUT2D eigenvalue weighted by Gasteiger charge is 2.08. The van der Waals surface area contributed by atoms with Crippen molar-refractivity contribution in [2.45, 2.75) is 13.0 Å². The number of thiocarbonyl (C=S) groups is 1. The Hall–Kier alpha value is -1.53. The maximum Gasteiger partial charge on any atom is 0.171 e. The first kappa shape index (κ1) is 15.5. The molecule has 0 amide bonds. The lowest BCUT2D eigenvalue weighted by molar-refractivity contribution is 0.179. The van der Waals surface area contributed by atoms with E-state index < -0.39 is 0 Å². The highest BCUT2D eigenvalue weighted by atomic mass is 32.1. The summed E-state index contributed by atoms with van der Waals surface area (Å²) < 4.78 is 15.5. The first-order valence-electron chi connectivity index (χ1n) is 5.89. The fourth-order valence-corrected chi connectivity index (χ4v) is 1.90. The lowest BCUT2D eigenvalue weighted by Gasteiger charge is -2.18. The summed E-state index contributed by atoms with van der Waals surface area (Å²) in [4.78, 5) is 0. The van der Waals surface area contributed by atoms with E-state index in [0.717, 1.165) is 11.4 Å². The van der Waals surface area contributed by atoms with Gasteiger partial charge in [-0.1, -0.05) is 0 Å². The number of rotatable bonds is 6. The summed E-state index contributed by atoms with van der Waals surface area (Å²) in [5.74, 6) is 1.43. The second-order valence-electron chi connectivity index (χ2n) is 4.02. The molecule has 1 rings (SSSR count). The van der Waals surface area contributed by atoms with Crippen molar-refractivity contribution in [3.63, 3.8) is 0 Å². The maximum atomic E-state index is 5.27. The minimum absolute atomic E-state index is 0.126. The highest BCUT2D eigenvalue weighted by molar-refractivity contribution is 7.80. The molecule has 1 aromatic carbocycles. The van der Waals surface area contributed by atoms with Crippen LogP contribution in [0.2, 0.25) is 0 Å². The molecule has 106 valence electrons. The lowest BCUT2D eigenvalue weighted by Crippen LogP contribution is -2.38. The van der Waals surface area contributed by atoms with Gasteiger partial charge in [0.1, 0.15) is 11.5 Å². The molecule has 1 atom stereocenters. The van der Waals surface area contributed by atoms with E-state index in [1.165, 1.54) is 0 Å². The lowest BCUT2D eigenvalue weighted by atomic mass is 10.2. The van der Waals surface area contributed by atoms with Crippen LogP contribution in [-0.4, -0.2) is 39.1 Å². The molecule has 0 aliphatic heterocycles. The Bertz CT molecular complexity index is 426. The Morgan fingerprint density at radius 1 is 1.26 bits per heavy atom. The average molecular weight is 284 g/mol. The quantitative estimate of drug-likeness (QED) is 0.780. The van der Waals surface area contributed by atoms with E-state index in [1.807, 2.05) is 25.1 Å². The van der Waals surface area contributed by atoms with Crippen LogP contribution in [0.4, 0.5) is 5.69 Å². The average Bonchev–Trinajstić information content (AvgIpc) is 2.38. The van der Waals surface area contributed by atoms with E-state index in [-0.39, 0.29) is 6.04 Å². The van der Waals surface area contributed by atoms with Gasteiger partial charge in [0, 0.05) is 19.2 Å². The smallest absolute Gasteiger partial charge is 0.171 e. The van der Waals surface area contributed by atoms with Gasteiger partial charge in [-0.05, 0) is 31.3 Å². The first-order valence-corrected chi connectivity index (χ1v) is 6.30. The van der Waals surface area contributed by atoms with Crippen molar-refractivity contribution >= 4 is 23.0 Å². The van der Waals surface area contributed by atoms with E-state index in [1.54, 1.807) is 21.3 Å². The Labute approximate surface area is 119 Å². The molecule has 2 N–H and O–H groups in total. The molecule has 0 aromatic heterocycles. The van der Waals surface area contributed by atoms with Crippen molar-refractivity contribution in [3.05, 3.63) is 18.2 Å². The summed E-state index contributed by atoms with van der Waals surface area (Å²) in [5.41, 5.74) is 0.754. The van der Waals surface area contributed by atoms with E-state index in [9.17, 15) is 0 Å². The Morgan fingerprint density at radius 3 is 2.58 bits per heavy atom. The van der Waals surface area contributed by atoms with Crippen LogP contribution in [0.25, 0.3) is 0 Å². The predicted molar refractivity (Wildman–Crippen MR) is 80.2 cm³/mol. The van der Waals surface area contributed by atoms with Crippen molar-refractivity contribution in [1.82, 2.24) is 5.32 Å². The van der Waals surface area contributed by atoms with Crippen molar-refractivity contribution in [3.8, 4) is 11.5 Å². The molecule has 1 unspecified atom stereocenters. The van der Waals surface area contributed by atoms with Gasteiger partial charge < -0.3 is 24.8 Å². The molecule has 0 saturated heterocycles. The van der Waals surface area contributed by atoms with Gasteiger partial charge in [-0.15, -0.1) is 0 Å². The molecule has 0 spiro atoms. The molecule has 6 heteroatoms. The van der Waals surface area contributed by atoms with Gasteiger partial charge in [-0.2, -0.15) is 0 Å². The molecular weight excluding hydrogens is 264 g/mol. The standard InChI is InChI=1S/C13H20N2O3S/c1-9(8-16-2)14-13(19)15-11-7-10(17-3)5-6-12(11)18-4/h5-7,9H,8H2,1-4H3,(H2,14,15,19). The van der Waals surface area contributed by atoms with Gasteiger partial charge in [0.05, 0.1) is 26.5 Å². The van der Waals surface area contributed by atoms with Crippen molar-refractivity contribution in [2.75, 3.05) is 33.3 Å². The number of nitrogens with one attached hydrogen (secondary N) is 2. The van der Waals surface area contributed by atoms with Crippen molar-refractivity contribution in [1.29, 1.82) is 0 Å². The number of anilines is 1. The number of ether oxygens (including phenoxy) is 3. The molecule has 1 aromatic rings. The third kappa shape index (κ3) is 4.92. The SMILES string of the molecule is COCC(C)NC(=S)Nc1cc(OC)ccc1OC. The molecule has 0 heterocycles. The number of benzene rings is 1. The molecule has 0 aliphatic rings. The van der Waals surface area contributed by atoms with Crippen LogP contribution in [0.5, 0.6) is 11.5 Å². The van der Waals surface area contributed by atoms with Gasteiger partial charge >= 0.3 is 0 Å². The molecule has 5 nitrogen and oxygen atoms in total. The number of methoxy groups -OCH3 is 3. The Kier molecular flexibility index (Phi) is 6.38. The zero-order valence-electron chi connectivity index (χ0n) is 11.6. The first-order chi connectivity index (χ1) is 9.10. The van der Waals surface area contributed by atoms with E-state index in [4.69, 9.17) is 26.4 Å². The van der Waals surface area contributed by atoms with Crippen molar-refractivity contribution in [2.24, 2.45) is 0 Å². The molecule has 0 bridgehead atoms. The normalized spacial score (nSPS) is 11.6. The molecule has 0 radical (unpaired) electrons. The van der Waals surface area contributed by atoms with Crippen LogP contribution >= 0.6 is 12.2 Å². The Balaban J connectivity index is 2.71. The summed E-state index contributed by atoms with van der Waals surface area (Å²) in [6.07, 6.45) is 0. The van der Waals surface area contributed by atoms with Crippen LogP contribution < -0.4 is 20.1 Å². The van der Waals surface area contributed by atoms with Gasteiger partial charge in [-0.3, -0.25) is 0 Å². The largest absolute Gasteiger partial charge is 0.497 e. The molecule has 0 fully saturated rings. The highest BCUT2D eigenvalue weighted by Crippen LogP contribution is 2.28. The van der Waals surface area contributed by atoms with Crippen LogP contribution in [0, 0.1) is 0 Å². The summed E-state index contributed by atoms with van der Waals surface area (Å²) >= 11 is 5.24. The maximum absolute atomic E-state index is 5.27. The van der Waals surface area contributed by atoms with E-state index in [0.29, 0.717) is 17.5 Å². The Morgan fingerprint density at radius 2 is 2.00 bits per heavy atom. The topological polar surface area (TPSA) is 51.8 Å². The zero-order valence-corrected chi connectivity index (χ0v) is 12.5. The second kappa shape index (κ2) is 7.81.